The largest absolute Gasteiger partial charge is 0.486 e. The molecule has 1 N–H and O–H groups in total. The minimum atomic E-state index is -3.04. The molecule has 2 heterocycles. The van der Waals surface area contributed by atoms with Crippen LogP contribution < -0.4 is 10.1 Å². The SMILES string of the molecule is O=C(NC1CCS(=O)(=O)C1)c1ccc(COc2ccc(Cl)cc2)o1. The minimum absolute atomic E-state index is 0.0218. The summed E-state index contributed by atoms with van der Waals surface area (Å²) >= 11 is 5.80. The van der Waals surface area contributed by atoms with Crippen LogP contribution in [0.4, 0.5) is 0 Å². The van der Waals surface area contributed by atoms with Crippen molar-refractivity contribution < 1.29 is 22.4 Å². The number of hydrogen-bond donors (Lipinski definition) is 1. The van der Waals surface area contributed by atoms with Gasteiger partial charge in [-0.25, -0.2) is 8.42 Å². The summed E-state index contributed by atoms with van der Waals surface area (Å²) < 4.78 is 33.8. The molecule has 6 nitrogen and oxygen atoms in total. The molecule has 0 saturated carbocycles. The quantitative estimate of drug-likeness (QED) is 0.874. The lowest BCUT2D eigenvalue weighted by molar-refractivity contribution is 0.0909. The van der Waals surface area contributed by atoms with Crippen molar-refractivity contribution in [2.24, 2.45) is 0 Å². The Hall–Kier alpha value is -1.99. The standard InChI is InChI=1S/C16H16ClNO5S/c17-11-1-3-13(4-2-11)22-9-14-5-6-15(23-14)16(19)18-12-7-8-24(20,21)10-12/h1-6,12H,7-10H2,(H,18,19). The van der Waals surface area contributed by atoms with Crippen molar-refractivity contribution in [3.63, 3.8) is 0 Å². The van der Waals surface area contributed by atoms with Gasteiger partial charge in [-0.05, 0) is 42.8 Å². The zero-order valence-corrected chi connectivity index (χ0v) is 14.3. The molecule has 1 aliphatic heterocycles. The number of benzene rings is 1. The number of hydrogen-bond acceptors (Lipinski definition) is 5. The van der Waals surface area contributed by atoms with Crippen molar-refractivity contribution in [2.75, 3.05) is 11.5 Å². The van der Waals surface area contributed by atoms with Gasteiger partial charge in [0.15, 0.2) is 15.6 Å². The van der Waals surface area contributed by atoms with Gasteiger partial charge in [0.05, 0.1) is 11.5 Å². The van der Waals surface area contributed by atoms with E-state index in [-0.39, 0.29) is 29.9 Å². The van der Waals surface area contributed by atoms with Crippen LogP contribution in [0, 0.1) is 0 Å². The number of rotatable bonds is 5. The molecule has 1 amide bonds. The second-order valence-corrected chi connectivity index (χ2v) is 8.25. The Morgan fingerprint density at radius 1 is 1.25 bits per heavy atom. The third kappa shape index (κ3) is 4.30. The molecule has 0 aliphatic carbocycles. The molecule has 2 aromatic rings. The van der Waals surface area contributed by atoms with Crippen molar-refractivity contribution >= 4 is 27.3 Å². The lowest BCUT2D eigenvalue weighted by Crippen LogP contribution is -2.35. The summed E-state index contributed by atoms with van der Waals surface area (Å²) in [6.07, 6.45) is 0.432. The molecular formula is C16H16ClNO5S. The number of ether oxygens (including phenoxy) is 1. The molecule has 1 saturated heterocycles. The molecule has 24 heavy (non-hydrogen) atoms. The third-order valence-corrected chi connectivity index (χ3v) is 5.67. The van der Waals surface area contributed by atoms with E-state index in [1.54, 1.807) is 36.4 Å². The van der Waals surface area contributed by atoms with Gasteiger partial charge in [0.1, 0.15) is 18.1 Å². The van der Waals surface area contributed by atoms with Crippen molar-refractivity contribution in [2.45, 2.75) is 19.1 Å². The van der Waals surface area contributed by atoms with Crippen LogP contribution in [-0.2, 0) is 16.4 Å². The van der Waals surface area contributed by atoms with E-state index < -0.39 is 15.7 Å². The first-order chi connectivity index (χ1) is 11.4. The van der Waals surface area contributed by atoms with Crippen molar-refractivity contribution in [3.8, 4) is 5.75 Å². The molecule has 1 unspecified atom stereocenters. The van der Waals surface area contributed by atoms with Gasteiger partial charge in [-0.3, -0.25) is 4.79 Å². The second-order valence-electron chi connectivity index (χ2n) is 5.58. The van der Waals surface area contributed by atoms with Crippen molar-refractivity contribution in [1.29, 1.82) is 0 Å². The highest BCUT2D eigenvalue weighted by Gasteiger charge is 2.29. The number of amides is 1. The molecule has 1 aliphatic rings. The Kier molecular flexibility index (Phi) is 4.82. The molecule has 0 radical (unpaired) electrons. The van der Waals surface area contributed by atoms with E-state index in [0.29, 0.717) is 23.0 Å². The minimum Gasteiger partial charge on any atom is -0.486 e. The number of carbonyl (C=O) groups excluding carboxylic acids is 1. The summed E-state index contributed by atoms with van der Waals surface area (Å²) in [5, 5.41) is 3.30. The summed E-state index contributed by atoms with van der Waals surface area (Å²) in [5.74, 6) is 0.929. The predicted octanol–water partition coefficient (Wildman–Crippen LogP) is 2.43. The predicted molar refractivity (Wildman–Crippen MR) is 89.0 cm³/mol. The molecule has 8 heteroatoms. The van der Waals surface area contributed by atoms with Crippen LogP contribution in [0.25, 0.3) is 0 Å². The Bertz CT molecular complexity index is 828. The van der Waals surface area contributed by atoms with E-state index >= 15 is 0 Å². The average Bonchev–Trinajstić information content (AvgIpc) is 3.13. The lowest BCUT2D eigenvalue weighted by Gasteiger charge is -2.08. The second kappa shape index (κ2) is 6.86. The molecule has 3 rings (SSSR count). The summed E-state index contributed by atoms with van der Waals surface area (Å²) in [7, 11) is -3.04. The topological polar surface area (TPSA) is 85.6 Å². The Balaban J connectivity index is 1.55. The fourth-order valence-corrected chi connectivity index (χ4v) is 4.23. The summed E-state index contributed by atoms with van der Waals surface area (Å²) in [4.78, 5) is 12.1. The normalized spacial score (nSPS) is 19.1. The first-order valence-electron chi connectivity index (χ1n) is 7.40. The molecule has 1 aromatic carbocycles. The molecule has 0 spiro atoms. The van der Waals surface area contributed by atoms with Gasteiger partial charge >= 0.3 is 0 Å². The highest BCUT2D eigenvalue weighted by Crippen LogP contribution is 2.18. The molecule has 1 fully saturated rings. The van der Waals surface area contributed by atoms with Crippen LogP contribution in [0.5, 0.6) is 5.75 Å². The van der Waals surface area contributed by atoms with Crippen LogP contribution in [0.15, 0.2) is 40.8 Å². The van der Waals surface area contributed by atoms with Gasteiger partial charge in [-0.15, -0.1) is 0 Å². The van der Waals surface area contributed by atoms with E-state index in [1.165, 1.54) is 0 Å². The summed E-state index contributed by atoms with van der Waals surface area (Å²) in [5.41, 5.74) is 0. The number of halogens is 1. The molecule has 1 atom stereocenters. The van der Waals surface area contributed by atoms with E-state index in [9.17, 15) is 13.2 Å². The van der Waals surface area contributed by atoms with Gasteiger partial charge < -0.3 is 14.5 Å². The first-order valence-corrected chi connectivity index (χ1v) is 9.59. The maximum Gasteiger partial charge on any atom is 0.287 e. The molecule has 1 aromatic heterocycles. The Morgan fingerprint density at radius 3 is 2.67 bits per heavy atom. The smallest absolute Gasteiger partial charge is 0.287 e. The lowest BCUT2D eigenvalue weighted by atomic mass is 10.2. The van der Waals surface area contributed by atoms with Gasteiger partial charge in [-0.2, -0.15) is 0 Å². The molecule has 128 valence electrons. The van der Waals surface area contributed by atoms with Crippen LogP contribution in [-0.4, -0.2) is 31.9 Å². The van der Waals surface area contributed by atoms with E-state index in [0.717, 1.165) is 0 Å². The average molecular weight is 370 g/mol. The van der Waals surface area contributed by atoms with Crippen LogP contribution >= 0.6 is 11.6 Å². The monoisotopic (exact) mass is 369 g/mol. The van der Waals surface area contributed by atoms with Crippen molar-refractivity contribution in [3.05, 3.63) is 52.9 Å². The zero-order valence-electron chi connectivity index (χ0n) is 12.7. The Labute approximate surface area is 144 Å². The van der Waals surface area contributed by atoms with Crippen LogP contribution in [0.3, 0.4) is 0 Å². The summed E-state index contributed by atoms with van der Waals surface area (Å²) in [6, 6.07) is 9.73. The van der Waals surface area contributed by atoms with E-state index in [4.69, 9.17) is 20.8 Å². The fourth-order valence-electron chi connectivity index (χ4n) is 2.43. The number of nitrogens with one attached hydrogen (secondary N) is 1. The number of carbonyl (C=O) groups is 1. The fraction of sp³-hybridized carbons (Fsp3) is 0.312. The van der Waals surface area contributed by atoms with Gasteiger partial charge in [0.2, 0.25) is 0 Å². The van der Waals surface area contributed by atoms with Gasteiger partial charge in [0, 0.05) is 11.1 Å². The highest BCUT2D eigenvalue weighted by atomic mass is 35.5. The van der Waals surface area contributed by atoms with E-state index in [1.807, 2.05) is 0 Å². The Morgan fingerprint density at radius 2 is 2.00 bits per heavy atom. The van der Waals surface area contributed by atoms with Crippen molar-refractivity contribution in [1.82, 2.24) is 5.32 Å². The zero-order chi connectivity index (χ0) is 17.2. The van der Waals surface area contributed by atoms with Gasteiger partial charge in [-0.1, -0.05) is 11.6 Å². The summed E-state index contributed by atoms with van der Waals surface area (Å²) in [6.45, 7) is 0.173. The number of sulfone groups is 1. The maximum absolute atomic E-state index is 12.1. The van der Waals surface area contributed by atoms with Gasteiger partial charge in [0.25, 0.3) is 5.91 Å². The van der Waals surface area contributed by atoms with Crippen LogP contribution in [0.1, 0.15) is 22.7 Å². The van der Waals surface area contributed by atoms with Crippen LogP contribution in [0.2, 0.25) is 5.02 Å². The highest BCUT2D eigenvalue weighted by molar-refractivity contribution is 7.91. The van der Waals surface area contributed by atoms with E-state index in [2.05, 4.69) is 5.32 Å². The third-order valence-electron chi connectivity index (χ3n) is 3.65. The first kappa shape index (κ1) is 16.9. The maximum atomic E-state index is 12.1. The number of furan rings is 1. The molecular weight excluding hydrogens is 354 g/mol. The molecule has 0 bridgehead atoms.